The Labute approximate surface area is 115 Å². The second-order valence-corrected chi connectivity index (χ2v) is 6.07. The number of aryl methyl sites for hydroxylation is 1. The molecule has 104 valence electrons. The summed E-state index contributed by atoms with van der Waals surface area (Å²) in [5.74, 6) is 0.415. The molecule has 1 spiro atoms. The number of aromatic nitrogens is 1. The molecule has 0 aromatic carbocycles. The maximum absolute atomic E-state index is 10.4. The molecule has 2 heterocycles. The van der Waals surface area contributed by atoms with E-state index in [0.717, 1.165) is 38.0 Å². The molecule has 0 radical (unpaired) electrons. The van der Waals surface area contributed by atoms with E-state index in [4.69, 9.17) is 4.74 Å². The van der Waals surface area contributed by atoms with Gasteiger partial charge in [-0.2, -0.15) is 0 Å². The second kappa shape index (κ2) is 5.59. The zero-order valence-electron chi connectivity index (χ0n) is 11.4. The van der Waals surface area contributed by atoms with Gasteiger partial charge in [-0.25, -0.2) is 0 Å². The van der Waals surface area contributed by atoms with Crippen LogP contribution in [0.4, 0.5) is 0 Å². The number of nitrogens with zero attached hydrogens (tertiary/aromatic N) is 1. The Morgan fingerprint density at radius 2 is 2.32 bits per heavy atom. The van der Waals surface area contributed by atoms with Crippen molar-refractivity contribution in [3.05, 3.63) is 30.1 Å². The molecule has 0 bridgehead atoms. The third-order valence-electron chi connectivity index (χ3n) is 4.76. The van der Waals surface area contributed by atoms with E-state index in [0.29, 0.717) is 5.92 Å². The van der Waals surface area contributed by atoms with Crippen LogP contribution in [-0.2, 0) is 11.2 Å². The van der Waals surface area contributed by atoms with Gasteiger partial charge in [0.1, 0.15) is 0 Å². The first-order valence-electron chi connectivity index (χ1n) is 7.49. The first-order valence-corrected chi connectivity index (χ1v) is 7.49. The summed E-state index contributed by atoms with van der Waals surface area (Å²) in [6.45, 7) is 0.825. The lowest BCUT2D eigenvalue weighted by Crippen LogP contribution is -2.47. The van der Waals surface area contributed by atoms with Crippen molar-refractivity contribution in [3.63, 3.8) is 0 Å². The second-order valence-electron chi connectivity index (χ2n) is 6.07. The minimum absolute atomic E-state index is 0.134. The summed E-state index contributed by atoms with van der Waals surface area (Å²) < 4.78 is 5.92. The topological polar surface area (TPSA) is 42.4 Å². The monoisotopic (exact) mass is 261 g/mol. The molecule has 1 aromatic heterocycles. The van der Waals surface area contributed by atoms with Crippen molar-refractivity contribution in [3.8, 4) is 0 Å². The summed E-state index contributed by atoms with van der Waals surface area (Å²) in [4.78, 5) is 4.32. The molecule has 0 amide bonds. The molecule has 1 aliphatic heterocycles. The normalized spacial score (nSPS) is 26.9. The molecule has 1 N–H and O–H groups in total. The van der Waals surface area contributed by atoms with E-state index >= 15 is 0 Å². The van der Waals surface area contributed by atoms with E-state index in [1.165, 1.54) is 19.3 Å². The van der Waals surface area contributed by atoms with Crippen molar-refractivity contribution in [2.45, 2.75) is 56.7 Å². The maximum atomic E-state index is 10.4. The number of aliphatic hydroxyl groups excluding tert-OH is 1. The van der Waals surface area contributed by atoms with Crippen LogP contribution in [0.3, 0.4) is 0 Å². The van der Waals surface area contributed by atoms with Gasteiger partial charge in [0, 0.05) is 18.5 Å². The molecule has 1 saturated heterocycles. The Kier molecular flexibility index (Phi) is 3.85. The van der Waals surface area contributed by atoms with Crippen molar-refractivity contribution in [2.24, 2.45) is 5.92 Å². The van der Waals surface area contributed by atoms with Gasteiger partial charge in [-0.3, -0.25) is 4.98 Å². The quantitative estimate of drug-likeness (QED) is 0.906. The van der Waals surface area contributed by atoms with E-state index < -0.39 is 0 Å². The highest BCUT2D eigenvalue weighted by Gasteiger charge is 2.43. The van der Waals surface area contributed by atoms with Crippen LogP contribution in [0.25, 0.3) is 0 Å². The van der Waals surface area contributed by atoms with Gasteiger partial charge in [0.2, 0.25) is 0 Å². The van der Waals surface area contributed by atoms with Gasteiger partial charge >= 0.3 is 0 Å². The Morgan fingerprint density at radius 3 is 3.00 bits per heavy atom. The summed E-state index contributed by atoms with van der Waals surface area (Å²) in [5.41, 5.74) is 1.21. The Balaban J connectivity index is 1.51. The lowest BCUT2D eigenvalue weighted by atomic mass is 9.70. The molecule has 2 atom stereocenters. The summed E-state index contributed by atoms with van der Waals surface area (Å²) in [6, 6.07) is 5.97. The number of hydrogen-bond acceptors (Lipinski definition) is 3. The van der Waals surface area contributed by atoms with Crippen LogP contribution in [0.1, 0.15) is 44.2 Å². The summed E-state index contributed by atoms with van der Waals surface area (Å²) in [5, 5.41) is 10.4. The van der Waals surface area contributed by atoms with E-state index in [2.05, 4.69) is 4.98 Å². The molecule has 2 fully saturated rings. The highest BCUT2D eigenvalue weighted by molar-refractivity contribution is 5.04. The predicted molar refractivity (Wildman–Crippen MR) is 73.8 cm³/mol. The van der Waals surface area contributed by atoms with E-state index in [-0.39, 0.29) is 11.7 Å². The lowest BCUT2D eigenvalue weighted by Gasteiger charge is -2.48. The van der Waals surface area contributed by atoms with E-state index in [1.54, 1.807) is 0 Å². The van der Waals surface area contributed by atoms with Crippen molar-refractivity contribution in [2.75, 3.05) is 6.61 Å². The van der Waals surface area contributed by atoms with Gasteiger partial charge in [-0.1, -0.05) is 6.07 Å². The molecule has 19 heavy (non-hydrogen) atoms. The smallest absolute Gasteiger partial charge is 0.0686 e. The Bertz CT molecular complexity index is 402. The Morgan fingerprint density at radius 1 is 1.42 bits per heavy atom. The average molecular weight is 261 g/mol. The Hall–Kier alpha value is -0.930. The molecular weight excluding hydrogens is 238 g/mol. The summed E-state index contributed by atoms with van der Waals surface area (Å²) >= 11 is 0. The van der Waals surface area contributed by atoms with Crippen LogP contribution in [0.15, 0.2) is 24.4 Å². The zero-order valence-corrected chi connectivity index (χ0v) is 11.4. The fourth-order valence-corrected chi connectivity index (χ4v) is 3.39. The molecule has 3 rings (SSSR count). The van der Waals surface area contributed by atoms with Crippen molar-refractivity contribution in [1.82, 2.24) is 4.98 Å². The fraction of sp³-hybridized carbons (Fsp3) is 0.688. The minimum atomic E-state index is -0.205. The lowest BCUT2D eigenvalue weighted by molar-refractivity contribution is -0.157. The SMILES string of the molecule is OC(CCc1ccccn1)C1CCOC2(CCC2)C1. The van der Waals surface area contributed by atoms with E-state index in [9.17, 15) is 5.11 Å². The van der Waals surface area contributed by atoms with Crippen LogP contribution in [0.5, 0.6) is 0 Å². The van der Waals surface area contributed by atoms with Gasteiger partial charge in [0.15, 0.2) is 0 Å². The van der Waals surface area contributed by atoms with Gasteiger partial charge in [0.05, 0.1) is 11.7 Å². The molecule has 2 unspecified atom stereocenters. The number of pyridine rings is 1. The maximum Gasteiger partial charge on any atom is 0.0686 e. The van der Waals surface area contributed by atoms with E-state index in [1.807, 2.05) is 24.4 Å². The predicted octanol–water partition coefficient (Wildman–Crippen LogP) is 2.72. The minimum Gasteiger partial charge on any atom is -0.393 e. The summed E-state index contributed by atoms with van der Waals surface area (Å²) in [7, 11) is 0. The number of hydrogen-bond donors (Lipinski definition) is 1. The standard InChI is InChI=1S/C16H23NO2/c18-15(6-5-14-4-1-2-10-17-14)13-7-11-19-16(12-13)8-3-9-16/h1-2,4,10,13,15,18H,3,5-9,11-12H2. The van der Waals surface area contributed by atoms with Gasteiger partial charge in [0.25, 0.3) is 0 Å². The largest absolute Gasteiger partial charge is 0.393 e. The molecule has 3 nitrogen and oxygen atoms in total. The third kappa shape index (κ3) is 2.98. The first-order chi connectivity index (χ1) is 9.27. The van der Waals surface area contributed by atoms with Crippen LogP contribution in [-0.4, -0.2) is 28.4 Å². The zero-order chi connectivity index (χ0) is 13.1. The van der Waals surface area contributed by atoms with Crippen LogP contribution in [0, 0.1) is 5.92 Å². The highest BCUT2D eigenvalue weighted by atomic mass is 16.5. The number of rotatable bonds is 4. The van der Waals surface area contributed by atoms with Gasteiger partial charge < -0.3 is 9.84 Å². The first kappa shape index (κ1) is 13.1. The van der Waals surface area contributed by atoms with Crippen LogP contribution < -0.4 is 0 Å². The van der Waals surface area contributed by atoms with Crippen LogP contribution >= 0.6 is 0 Å². The third-order valence-corrected chi connectivity index (χ3v) is 4.76. The average Bonchev–Trinajstić information content (AvgIpc) is 2.44. The van der Waals surface area contributed by atoms with Gasteiger partial charge in [-0.05, 0) is 63.0 Å². The van der Waals surface area contributed by atoms with Crippen molar-refractivity contribution >= 4 is 0 Å². The number of ether oxygens (including phenoxy) is 1. The molecule has 2 aliphatic rings. The van der Waals surface area contributed by atoms with Crippen molar-refractivity contribution in [1.29, 1.82) is 0 Å². The van der Waals surface area contributed by atoms with Crippen LogP contribution in [0.2, 0.25) is 0 Å². The molecule has 1 aliphatic carbocycles. The molecular formula is C16H23NO2. The summed E-state index contributed by atoms with van der Waals surface area (Å²) in [6.07, 6.45) is 9.03. The molecule has 3 heteroatoms. The van der Waals surface area contributed by atoms with Gasteiger partial charge in [-0.15, -0.1) is 0 Å². The number of aliphatic hydroxyl groups is 1. The fourth-order valence-electron chi connectivity index (χ4n) is 3.39. The highest BCUT2D eigenvalue weighted by Crippen LogP contribution is 2.45. The molecule has 1 saturated carbocycles. The molecule has 1 aromatic rings. The van der Waals surface area contributed by atoms with Crippen molar-refractivity contribution < 1.29 is 9.84 Å².